The van der Waals surface area contributed by atoms with E-state index in [9.17, 15) is 4.79 Å². The molecular weight excluding hydrogens is 402 g/mol. The topological polar surface area (TPSA) is 63.5 Å². The van der Waals surface area contributed by atoms with Gasteiger partial charge in [-0.1, -0.05) is 12.1 Å². The van der Waals surface area contributed by atoms with Gasteiger partial charge in [-0.15, -0.1) is 10.2 Å². The van der Waals surface area contributed by atoms with Gasteiger partial charge in [0.1, 0.15) is 17.9 Å². The largest absolute Gasteiger partial charge is 0.491 e. The van der Waals surface area contributed by atoms with Crippen LogP contribution in [0.1, 0.15) is 56.8 Å². The molecule has 172 valence electrons. The lowest BCUT2D eigenvalue weighted by atomic mass is 9.70. The van der Waals surface area contributed by atoms with Crippen LogP contribution in [0.3, 0.4) is 0 Å². The van der Waals surface area contributed by atoms with Crippen molar-refractivity contribution in [2.45, 2.75) is 58.1 Å². The van der Waals surface area contributed by atoms with E-state index in [1.54, 1.807) is 6.33 Å². The number of likely N-dealkylation sites (tertiary alicyclic amines) is 2. The summed E-state index contributed by atoms with van der Waals surface area (Å²) >= 11 is 0. The Morgan fingerprint density at radius 1 is 1.19 bits per heavy atom. The van der Waals surface area contributed by atoms with E-state index in [1.807, 2.05) is 25.5 Å². The van der Waals surface area contributed by atoms with Crippen molar-refractivity contribution in [3.05, 3.63) is 42.0 Å². The predicted octanol–water partition coefficient (Wildman–Crippen LogP) is 3.22. The number of benzene rings is 1. The van der Waals surface area contributed by atoms with Crippen LogP contribution in [0, 0.1) is 11.3 Å². The van der Waals surface area contributed by atoms with Gasteiger partial charge in [0.25, 0.3) is 0 Å². The summed E-state index contributed by atoms with van der Waals surface area (Å²) < 4.78 is 7.82. The molecule has 7 nitrogen and oxygen atoms in total. The van der Waals surface area contributed by atoms with Gasteiger partial charge in [0.2, 0.25) is 5.91 Å². The molecule has 0 bridgehead atoms. The first-order chi connectivity index (χ1) is 15.4. The van der Waals surface area contributed by atoms with Crippen molar-refractivity contribution in [2.24, 2.45) is 18.4 Å². The fourth-order valence-corrected chi connectivity index (χ4v) is 5.56. The number of ether oxygens (including phenoxy) is 1. The molecule has 1 amide bonds. The molecule has 32 heavy (non-hydrogen) atoms. The van der Waals surface area contributed by atoms with Crippen molar-refractivity contribution in [1.82, 2.24) is 24.6 Å². The number of nitrogens with zero attached hydrogens (tertiary/aromatic N) is 5. The average Bonchev–Trinajstić information content (AvgIpc) is 3.45. The molecule has 3 heterocycles. The van der Waals surface area contributed by atoms with E-state index in [1.165, 1.54) is 5.56 Å². The first-order valence-electron chi connectivity index (χ1n) is 12.0. The minimum atomic E-state index is 0.108. The highest BCUT2D eigenvalue weighted by molar-refractivity contribution is 5.81. The highest BCUT2D eigenvalue weighted by Gasteiger charge is 2.52. The van der Waals surface area contributed by atoms with E-state index in [4.69, 9.17) is 4.74 Å². The molecule has 1 spiro atoms. The van der Waals surface area contributed by atoms with Gasteiger partial charge in [-0.05, 0) is 70.3 Å². The van der Waals surface area contributed by atoms with Gasteiger partial charge >= 0.3 is 0 Å². The fraction of sp³-hybridized carbons (Fsp3) is 0.640. The Hall–Kier alpha value is -2.41. The normalized spacial score (nSPS) is 23.2. The van der Waals surface area contributed by atoms with Crippen LogP contribution in [0.5, 0.6) is 5.75 Å². The van der Waals surface area contributed by atoms with E-state index in [0.717, 1.165) is 70.0 Å². The van der Waals surface area contributed by atoms with E-state index >= 15 is 0 Å². The summed E-state index contributed by atoms with van der Waals surface area (Å²) in [6, 6.07) is 8.50. The first kappa shape index (κ1) is 21.4. The quantitative estimate of drug-likeness (QED) is 0.694. The molecular formula is C25H35N5O2. The molecule has 7 heteroatoms. The molecule has 1 unspecified atom stereocenters. The van der Waals surface area contributed by atoms with Crippen LogP contribution in [0.4, 0.5) is 0 Å². The Bertz CT molecular complexity index is 941. The summed E-state index contributed by atoms with van der Waals surface area (Å²) in [6.07, 6.45) is 6.29. The maximum atomic E-state index is 12.9. The van der Waals surface area contributed by atoms with Crippen LogP contribution in [0.25, 0.3) is 0 Å². The molecule has 1 atom stereocenters. The van der Waals surface area contributed by atoms with Crippen molar-refractivity contribution in [3.8, 4) is 5.75 Å². The Morgan fingerprint density at radius 2 is 1.91 bits per heavy atom. The third-order valence-electron chi connectivity index (χ3n) is 7.50. The standard InChI is InChI=1S/C25H35N5O2/c1-18(2)32-21-8-4-19(5-9-21)14-29-12-10-25(11-13-29)16-30(24(31)20-6-7-20)15-22(25)23-27-26-17-28(23)3/h4-5,8-9,17-18,20,22H,6-7,10-16H2,1-3H3. The monoisotopic (exact) mass is 437 g/mol. The summed E-state index contributed by atoms with van der Waals surface area (Å²) in [7, 11) is 2.02. The van der Waals surface area contributed by atoms with E-state index in [-0.39, 0.29) is 23.4 Å². The molecule has 1 aromatic heterocycles. The van der Waals surface area contributed by atoms with Gasteiger partial charge < -0.3 is 14.2 Å². The highest BCUT2D eigenvalue weighted by Crippen LogP contribution is 2.50. The Kier molecular flexibility index (Phi) is 5.70. The molecule has 2 aromatic rings. The second-order valence-corrected chi connectivity index (χ2v) is 10.3. The lowest BCUT2D eigenvalue weighted by Crippen LogP contribution is -2.44. The number of hydrogen-bond acceptors (Lipinski definition) is 5. The molecule has 1 saturated carbocycles. The van der Waals surface area contributed by atoms with Crippen molar-refractivity contribution >= 4 is 5.91 Å². The van der Waals surface area contributed by atoms with Crippen LogP contribution < -0.4 is 4.74 Å². The van der Waals surface area contributed by atoms with Gasteiger partial charge in [-0.3, -0.25) is 9.69 Å². The minimum Gasteiger partial charge on any atom is -0.491 e. The van der Waals surface area contributed by atoms with Crippen molar-refractivity contribution in [2.75, 3.05) is 26.2 Å². The lowest BCUT2D eigenvalue weighted by molar-refractivity contribution is -0.132. The molecule has 2 aliphatic heterocycles. The molecule has 0 radical (unpaired) electrons. The van der Waals surface area contributed by atoms with Crippen LogP contribution >= 0.6 is 0 Å². The number of aryl methyl sites for hydroxylation is 1. The Morgan fingerprint density at radius 3 is 2.50 bits per heavy atom. The summed E-state index contributed by atoms with van der Waals surface area (Å²) in [4.78, 5) is 17.6. The third-order valence-corrected chi connectivity index (χ3v) is 7.50. The molecule has 3 aliphatic rings. The van der Waals surface area contributed by atoms with E-state index in [0.29, 0.717) is 5.91 Å². The third kappa shape index (κ3) is 4.27. The second kappa shape index (κ2) is 8.50. The van der Waals surface area contributed by atoms with E-state index < -0.39 is 0 Å². The molecule has 2 saturated heterocycles. The predicted molar refractivity (Wildman–Crippen MR) is 122 cm³/mol. The lowest BCUT2D eigenvalue weighted by Gasteiger charge is -2.42. The maximum absolute atomic E-state index is 12.9. The fourth-order valence-electron chi connectivity index (χ4n) is 5.56. The number of carbonyl (C=O) groups is 1. The number of carbonyl (C=O) groups excluding carboxylic acids is 1. The maximum Gasteiger partial charge on any atom is 0.225 e. The van der Waals surface area contributed by atoms with Crippen molar-refractivity contribution < 1.29 is 9.53 Å². The zero-order valence-corrected chi connectivity index (χ0v) is 19.5. The van der Waals surface area contributed by atoms with Crippen LogP contribution in [-0.2, 0) is 18.4 Å². The van der Waals surface area contributed by atoms with Gasteiger partial charge in [-0.25, -0.2) is 0 Å². The van der Waals surface area contributed by atoms with E-state index in [2.05, 4.69) is 44.3 Å². The second-order valence-electron chi connectivity index (χ2n) is 10.3. The zero-order chi connectivity index (χ0) is 22.3. The SMILES string of the molecule is CC(C)Oc1ccc(CN2CCC3(CC2)CN(C(=O)C2CC2)CC3c2nncn2C)cc1. The van der Waals surface area contributed by atoms with Gasteiger partial charge in [0.15, 0.2) is 0 Å². The molecule has 5 rings (SSSR count). The van der Waals surface area contributed by atoms with Crippen LogP contribution in [0.2, 0.25) is 0 Å². The number of piperidine rings is 1. The summed E-state index contributed by atoms with van der Waals surface area (Å²) in [5.74, 6) is 2.87. The number of rotatable bonds is 6. The highest BCUT2D eigenvalue weighted by atomic mass is 16.5. The van der Waals surface area contributed by atoms with Crippen LogP contribution in [-0.4, -0.2) is 62.8 Å². The van der Waals surface area contributed by atoms with Gasteiger partial charge in [-0.2, -0.15) is 0 Å². The first-order valence-corrected chi connectivity index (χ1v) is 12.0. The number of amides is 1. The summed E-state index contributed by atoms with van der Waals surface area (Å²) in [5.41, 5.74) is 1.43. The molecule has 3 fully saturated rings. The smallest absolute Gasteiger partial charge is 0.225 e. The molecule has 1 aromatic carbocycles. The molecule has 1 aliphatic carbocycles. The van der Waals surface area contributed by atoms with Crippen molar-refractivity contribution in [1.29, 1.82) is 0 Å². The van der Waals surface area contributed by atoms with Gasteiger partial charge in [0.05, 0.1) is 6.10 Å². The summed E-state index contributed by atoms with van der Waals surface area (Å²) in [6.45, 7) is 8.81. The number of hydrogen-bond donors (Lipinski definition) is 0. The average molecular weight is 438 g/mol. The van der Waals surface area contributed by atoms with Gasteiger partial charge in [0, 0.05) is 43.9 Å². The summed E-state index contributed by atoms with van der Waals surface area (Å²) in [5, 5.41) is 8.61. The number of aromatic nitrogens is 3. The van der Waals surface area contributed by atoms with Crippen LogP contribution in [0.15, 0.2) is 30.6 Å². The molecule has 0 N–H and O–H groups in total. The Labute approximate surface area is 190 Å². The Balaban J connectivity index is 1.26. The van der Waals surface area contributed by atoms with Crippen molar-refractivity contribution in [3.63, 3.8) is 0 Å². The zero-order valence-electron chi connectivity index (χ0n) is 19.5. The minimum absolute atomic E-state index is 0.108.